The molecule has 2 atom stereocenters. The fourth-order valence-electron chi connectivity index (χ4n) is 2.06. The number of azo groups is 1. The molecule has 0 aromatic heterocycles. The second-order valence-electron chi connectivity index (χ2n) is 5.57. The van der Waals surface area contributed by atoms with Crippen molar-refractivity contribution < 1.29 is 0 Å². The maximum Gasteiger partial charge on any atom is 0.0656 e. The minimum atomic E-state index is 0.307. The Labute approximate surface area is 100 Å². The summed E-state index contributed by atoms with van der Waals surface area (Å²) in [6.07, 6.45) is 4.85. The van der Waals surface area contributed by atoms with Gasteiger partial charge in [0, 0.05) is 0 Å². The summed E-state index contributed by atoms with van der Waals surface area (Å²) in [5.74, 6) is 1.66. The first-order chi connectivity index (χ1) is 7.50. The quantitative estimate of drug-likeness (QED) is 0.589. The average molecular weight is 222 g/mol. The average Bonchev–Trinajstić information content (AvgIpc) is 2.23. The maximum absolute atomic E-state index is 4.43. The third-order valence-electron chi connectivity index (χ3n) is 3.68. The zero-order chi connectivity index (χ0) is 12.1. The molecule has 0 bridgehead atoms. The molecule has 2 heteroatoms. The summed E-state index contributed by atoms with van der Waals surface area (Å²) in [5.41, 5.74) is 2.69. The van der Waals surface area contributed by atoms with Crippen LogP contribution in [0.2, 0.25) is 0 Å². The van der Waals surface area contributed by atoms with E-state index in [0.29, 0.717) is 6.04 Å². The third kappa shape index (κ3) is 4.07. The van der Waals surface area contributed by atoms with E-state index < -0.39 is 0 Å². The SMILES string of the molecule is C/C1=C(\N=N/C(C)C)CCC(C)C(C)CC1. The van der Waals surface area contributed by atoms with E-state index in [1.54, 1.807) is 0 Å². The van der Waals surface area contributed by atoms with Gasteiger partial charge in [-0.25, -0.2) is 0 Å². The highest BCUT2D eigenvalue weighted by Gasteiger charge is 2.17. The summed E-state index contributed by atoms with van der Waals surface area (Å²) in [6, 6.07) is 0.307. The van der Waals surface area contributed by atoms with E-state index in [4.69, 9.17) is 0 Å². The van der Waals surface area contributed by atoms with E-state index in [9.17, 15) is 0 Å². The van der Waals surface area contributed by atoms with Crippen LogP contribution in [-0.4, -0.2) is 6.04 Å². The number of nitrogens with zero attached hydrogens (tertiary/aromatic N) is 2. The summed E-state index contributed by atoms with van der Waals surface area (Å²) in [4.78, 5) is 0. The topological polar surface area (TPSA) is 24.7 Å². The van der Waals surface area contributed by atoms with E-state index in [1.165, 1.54) is 30.5 Å². The smallest absolute Gasteiger partial charge is 0.0656 e. The summed E-state index contributed by atoms with van der Waals surface area (Å²) in [7, 11) is 0. The van der Waals surface area contributed by atoms with Crippen molar-refractivity contribution in [3.05, 3.63) is 11.3 Å². The summed E-state index contributed by atoms with van der Waals surface area (Å²) < 4.78 is 0. The number of hydrogen-bond donors (Lipinski definition) is 0. The molecule has 0 saturated heterocycles. The summed E-state index contributed by atoms with van der Waals surface area (Å²) in [5, 5.41) is 8.71. The molecule has 0 aromatic carbocycles. The van der Waals surface area contributed by atoms with Crippen LogP contribution in [0.1, 0.15) is 60.3 Å². The van der Waals surface area contributed by atoms with E-state index in [-0.39, 0.29) is 0 Å². The van der Waals surface area contributed by atoms with Crippen LogP contribution in [-0.2, 0) is 0 Å². The van der Waals surface area contributed by atoms with Gasteiger partial charge in [-0.1, -0.05) is 13.8 Å². The van der Waals surface area contributed by atoms with Crippen LogP contribution in [0, 0.1) is 11.8 Å². The molecule has 0 N–H and O–H groups in total. The molecule has 16 heavy (non-hydrogen) atoms. The number of rotatable bonds is 2. The Morgan fingerprint density at radius 3 is 2.19 bits per heavy atom. The van der Waals surface area contributed by atoms with Crippen molar-refractivity contribution in [1.29, 1.82) is 0 Å². The van der Waals surface area contributed by atoms with Gasteiger partial charge in [-0.15, -0.1) is 0 Å². The van der Waals surface area contributed by atoms with Gasteiger partial charge in [-0.05, 0) is 63.9 Å². The van der Waals surface area contributed by atoms with Crippen molar-refractivity contribution in [2.24, 2.45) is 22.1 Å². The molecule has 2 nitrogen and oxygen atoms in total. The zero-order valence-electron chi connectivity index (χ0n) is 11.5. The molecule has 1 aliphatic rings. The van der Waals surface area contributed by atoms with Crippen LogP contribution >= 0.6 is 0 Å². The molecule has 0 spiro atoms. The minimum Gasteiger partial charge on any atom is -0.186 e. The van der Waals surface area contributed by atoms with Gasteiger partial charge in [0.05, 0.1) is 11.7 Å². The molecule has 0 fully saturated rings. The molecule has 92 valence electrons. The molecule has 0 saturated carbocycles. The number of allylic oxidation sites excluding steroid dienone is 2. The largest absolute Gasteiger partial charge is 0.186 e. The zero-order valence-corrected chi connectivity index (χ0v) is 11.5. The Morgan fingerprint density at radius 1 is 1.06 bits per heavy atom. The highest BCUT2D eigenvalue weighted by atomic mass is 15.1. The molecule has 2 unspecified atom stereocenters. The van der Waals surface area contributed by atoms with Gasteiger partial charge in [0.15, 0.2) is 0 Å². The normalized spacial score (nSPS) is 33.1. The first-order valence-corrected chi connectivity index (χ1v) is 6.60. The predicted molar refractivity (Wildman–Crippen MR) is 69.5 cm³/mol. The first kappa shape index (κ1) is 13.4. The summed E-state index contributed by atoms with van der Waals surface area (Å²) >= 11 is 0. The molecule has 0 radical (unpaired) electrons. The van der Waals surface area contributed by atoms with Gasteiger partial charge in [0.2, 0.25) is 0 Å². The Hall–Kier alpha value is -0.660. The van der Waals surface area contributed by atoms with Crippen molar-refractivity contribution in [3.8, 4) is 0 Å². The van der Waals surface area contributed by atoms with Gasteiger partial charge < -0.3 is 0 Å². The highest BCUT2D eigenvalue weighted by molar-refractivity contribution is 5.11. The van der Waals surface area contributed by atoms with Crippen LogP contribution in [0.3, 0.4) is 0 Å². The Kier molecular flexibility index (Phi) is 5.17. The molecule has 1 aliphatic carbocycles. The predicted octanol–water partition coefficient (Wildman–Crippen LogP) is 4.97. The minimum absolute atomic E-state index is 0.307. The van der Waals surface area contributed by atoms with E-state index in [0.717, 1.165) is 18.3 Å². The molecular weight excluding hydrogens is 196 g/mol. The molecular formula is C14H26N2. The van der Waals surface area contributed by atoms with Gasteiger partial charge in [0.25, 0.3) is 0 Å². The fraction of sp³-hybridized carbons (Fsp3) is 0.857. The van der Waals surface area contributed by atoms with Crippen molar-refractivity contribution in [3.63, 3.8) is 0 Å². The van der Waals surface area contributed by atoms with E-state index in [2.05, 4.69) is 44.8 Å². The van der Waals surface area contributed by atoms with Gasteiger partial charge in [-0.3, -0.25) is 0 Å². The second-order valence-corrected chi connectivity index (χ2v) is 5.57. The van der Waals surface area contributed by atoms with Crippen LogP contribution in [0.4, 0.5) is 0 Å². The Morgan fingerprint density at radius 2 is 1.62 bits per heavy atom. The maximum atomic E-state index is 4.43. The van der Waals surface area contributed by atoms with E-state index >= 15 is 0 Å². The van der Waals surface area contributed by atoms with E-state index in [1.807, 2.05) is 0 Å². The molecule has 0 heterocycles. The standard InChI is InChI=1S/C14H26N2/c1-10(2)15-16-14-9-8-12(4)11(3)6-7-13(14)5/h10-12H,6-9H2,1-5H3/b14-13+,16-15-. The number of hydrogen-bond acceptors (Lipinski definition) is 2. The van der Waals surface area contributed by atoms with Crippen molar-refractivity contribution in [2.75, 3.05) is 0 Å². The lowest BCUT2D eigenvalue weighted by molar-refractivity contribution is 0.335. The Bertz CT molecular complexity index is 276. The monoisotopic (exact) mass is 222 g/mol. The van der Waals surface area contributed by atoms with Gasteiger partial charge in [0.1, 0.15) is 0 Å². The lowest BCUT2D eigenvalue weighted by Gasteiger charge is -2.23. The van der Waals surface area contributed by atoms with Gasteiger partial charge in [-0.2, -0.15) is 10.2 Å². The Balaban J connectivity index is 2.73. The summed E-state index contributed by atoms with van der Waals surface area (Å²) in [6.45, 7) is 11.1. The van der Waals surface area contributed by atoms with Crippen molar-refractivity contribution in [2.45, 2.75) is 66.3 Å². The van der Waals surface area contributed by atoms with Crippen LogP contribution in [0.15, 0.2) is 21.5 Å². The van der Waals surface area contributed by atoms with Crippen LogP contribution in [0.5, 0.6) is 0 Å². The second kappa shape index (κ2) is 6.17. The fourth-order valence-corrected chi connectivity index (χ4v) is 2.06. The molecule has 0 amide bonds. The van der Waals surface area contributed by atoms with Gasteiger partial charge >= 0.3 is 0 Å². The first-order valence-electron chi connectivity index (χ1n) is 6.60. The van der Waals surface area contributed by atoms with Crippen LogP contribution in [0.25, 0.3) is 0 Å². The highest BCUT2D eigenvalue weighted by Crippen LogP contribution is 2.30. The van der Waals surface area contributed by atoms with Crippen LogP contribution < -0.4 is 0 Å². The third-order valence-corrected chi connectivity index (χ3v) is 3.68. The van der Waals surface area contributed by atoms with Crippen molar-refractivity contribution >= 4 is 0 Å². The molecule has 0 aliphatic heterocycles. The van der Waals surface area contributed by atoms with Crippen molar-refractivity contribution in [1.82, 2.24) is 0 Å². The molecule has 0 aromatic rings. The molecule has 1 rings (SSSR count). The lowest BCUT2D eigenvalue weighted by atomic mass is 9.84. The lowest BCUT2D eigenvalue weighted by Crippen LogP contribution is -2.11.